The van der Waals surface area contributed by atoms with Crippen molar-refractivity contribution in [2.24, 2.45) is 0 Å². The summed E-state index contributed by atoms with van der Waals surface area (Å²) in [6.07, 6.45) is 6.33. The maximum Gasteiger partial charge on any atom is 0.319 e. The molecular formula is C30H31FN6O3. The summed E-state index contributed by atoms with van der Waals surface area (Å²) in [5.74, 6) is -0.0698. The molecule has 5 heterocycles. The number of nitrogens with zero attached hydrogens (tertiary/aromatic N) is 5. The Morgan fingerprint density at radius 2 is 2.10 bits per heavy atom. The molecule has 3 atom stereocenters. The first-order valence-corrected chi connectivity index (χ1v) is 13.8. The normalized spacial score (nSPS) is 24.7. The molecule has 0 aliphatic carbocycles. The minimum atomic E-state index is -0.653. The van der Waals surface area contributed by atoms with Crippen LogP contribution in [0.2, 0.25) is 0 Å². The van der Waals surface area contributed by atoms with Crippen LogP contribution in [0, 0.1) is 5.82 Å². The number of phenolic OH excluding ortho intramolecular Hbond substituents is 1. The lowest BCUT2D eigenvalue weighted by Gasteiger charge is -2.39. The van der Waals surface area contributed by atoms with Crippen molar-refractivity contribution in [1.29, 1.82) is 0 Å². The number of anilines is 1. The Labute approximate surface area is 231 Å². The van der Waals surface area contributed by atoms with Gasteiger partial charge in [0, 0.05) is 36.9 Å². The molecule has 0 amide bonds. The molecule has 3 aliphatic rings. The number of hydrogen-bond acceptors (Lipinski definition) is 9. The van der Waals surface area contributed by atoms with Gasteiger partial charge in [0.2, 0.25) is 0 Å². The third kappa shape index (κ3) is 4.22. The summed E-state index contributed by atoms with van der Waals surface area (Å²) >= 11 is 0. The quantitative estimate of drug-likeness (QED) is 0.353. The first-order chi connectivity index (χ1) is 19.4. The van der Waals surface area contributed by atoms with Crippen LogP contribution in [-0.4, -0.2) is 82.2 Å². The number of carbonyl (C=O) groups excluding carboxylic acids is 1. The van der Waals surface area contributed by atoms with E-state index in [4.69, 9.17) is 9.72 Å². The standard InChI is InChI=1S/C30H31FN6O3/c1-36-10-4-6-20(36)15-40-29-33-27-24(28(34-29)37-14-19-8-9-30(16-37,17-38)35-19)13-32-26(25(27)31)23-12-21(39)11-18-5-2-3-7-22(18)23/h2-3,5,7,11-13,17,19-20,35,39H,4,6,8-10,14-16H2,1H3/t19?,20-,30?/m0/s1. The molecule has 2 aromatic heterocycles. The second-order valence-corrected chi connectivity index (χ2v) is 11.3. The van der Waals surface area contributed by atoms with Crippen molar-refractivity contribution in [3.8, 4) is 23.0 Å². The Bertz CT molecular complexity index is 1630. The van der Waals surface area contributed by atoms with Crippen molar-refractivity contribution in [2.75, 3.05) is 38.2 Å². The fourth-order valence-electron chi connectivity index (χ4n) is 6.57. The van der Waals surface area contributed by atoms with Crippen molar-refractivity contribution in [2.45, 2.75) is 43.3 Å². The van der Waals surface area contributed by atoms with Crippen LogP contribution in [-0.2, 0) is 4.79 Å². The van der Waals surface area contributed by atoms with Crippen LogP contribution in [0.4, 0.5) is 10.2 Å². The molecule has 2 aromatic carbocycles. The van der Waals surface area contributed by atoms with Crippen LogP contribution in [0.3, 0.4) is 0 Å². The summed E-state index contributed by atoms with van der Waals surface area (Å²) in [4.78, 5) is 30.2. The molecule has 206 valence electrons. The Balaban J connectivity index is 1.36. The largest absolute Gasteiger partial charge is 0.508 e. The summed E-state index contributed by atoms with van der Waals surface area (Å²) < 4.78 is 22.6. The number of benzene rings is 2. The van der Waals surface area contributed by atoms with E-state index in [2.05, 4.69) is 27.2 Å². The zero-order chi connectivity index (χ0) is 27.4. The van der Waals surface area contributed by atoms with E-state index in [1.54, 1.807) is 12.3 Å². The minimum absolute atomic E-state index is 0.0264. The molecule has 10 heteroatoms. The number of likely N-dealkylation sites (N-methyl/N-ethyl adjacent to an activating group) is 1. The molecule has 2 unspecified atom stereocenters. The Morgan fingerprint density at radius 1 is 1.23 bits per heavy atom. The van der Waals surface area contributed by atoms with E-state index in [-0.39, 0.29) is 35.1 Å². The van der Waals surface area contributed by atoms with Gasteiger partial charge in [-0.05, 0) is 62.2 Å². The van der Waals surface area contributed by atoms with E-state index in [1.165, 1.54) is 6.07 Å². The topological polar surface area (TPSA) is 104 Å². The predicted octanol–water partition coefficient (Wildman–Crippen LogP) is 3.67. The number of aromatic nitrogens is 3. The molecule has 3 fully saturated rings. The smallest absolute Gasteiger partial charge is 0.319 e. The minimum Gasteiger partial charge on any atom is -0.508 e. The van der Waals surface area contributed by atoms with Gasteiger partial charge in [-0.2, -0.15) is 9.97 Å². The molecule has 2 bridgehead atoms. The number of piperazine rings is 1. The average molecular weight is 543 g/mol. The van der Waals surface area contributed by atoms with E-state index in [9.17, 15) is 9.90 Å². The SMILES string of the molecule is CN1CCC[C@H]1COc1nc(N2CC3CCC(C=O)(C2)N3)c2cnc(-c3cc(O)cc4ccccc34)c(F)c2n1. The number of nitrogens with one attached hydrogen (secondary N) is 1. The lowest BCUT2D eigenvalue weighted by Crippen LogP contribution is -2.60. The summed E-state index contributed by atoms with van der Waals surface area (Å²) in [7, 11) is 2.07. The van der Waals surface area contributed by atoms with Gasteiger partial charge in [0.1, 0.15) is 35.7 Å². The Hall–Kier alpha value is -3.89. The molecular weight excluding hydrogens is 511 g/mol. The van der Waals surface area contributed by atoms with E-state index < -0.39 is 11.4 Å². The van der Waals surface area contributed by atoms with Gasteiger partial charge in [-0.15, -0.1) is 0 Å². The number of halogens is 1. The Morgan fingerprint density at radius 3 is 2.92 bits per heavy atom. The molecule has 3 aliphatic heterocycles. The monoisotopic (exact) mass is 542 g/mol. The van der Waals surface area contributed by atoms with Crippen molar-refractivity contribution in [3.05, 3.63) is 48.4 Å². The van der Waals surface area contributed by atoms with Crippen LogP contribution >= 0.6 is 0 Å². The number of pyridine rings is 1. The van der Waals surface area contributed by atoms with Gasteiger partial charge < -0.3 is 24.4 Å². The second kappa shape index (κ2) is 9.64. The number of hydrogen-bond donors (Lipinski definition) is 2. The van der Waals surface area contributed by atoms with E-state index >= 15 is 4.39 Å². The van der Waals surface area contributed by atoms with E-state index in [0.29, 0.717) is 36.5 Å². The Kier molecular flexibility index (Phi) is 6.05. The van der Waals surface area contributed by atoms with Crippen LogP contribution < -0.4 is 15.0 Å². The molecule has 0 spiro atoms. The fraction of sp³-hybridized carbons (Fsp3) is 0.400. The summed E-state index contributed by atoms with van der Waals surface area (Å²) in [5.41, 5.74) is 0.0178. The fourth-order valence-corrected chi connectivity index (χ4v) is 6.57. The molecule has 0 saturated carbocycles. The van der Waals surface area contributed by atoms with Gasteiger partial charge in [-0.1, -0.05) is 24.3 Å². The van der Waals surface area contributed by atoms with Gasteiger partial charge in [-0.25, -0.2) is 4.39 Å². The number of carbonyl (C=O) groups is 1. The number of ether oxygens (including phenoxy) is 1. The summed E-state index contributed by atoms with van der Waals surface area (Å²) in [5, 5.41) is 15.8. The molecule has 40 heavy (non-hydrogen) atoms. The van der Waals surface area contributed by atoms with Crippen molar-refractivity contribution < 1.29 is 19.0 Å². The molecule has 2 N–H and O–H groups in total. The van der Waals surface area contributed by atoms with Gasteiger partial charge in [-0.3, -0.25) is 10.3 Å². The van der Waals surface area contributed by atoms with Crippen molar-refractivity contribution in [1.82, 2.24) is 25.2 Å². The van der Waals surface area contributed by atoms with Crippen LogP contribution in [0.5, 0.6) is 11.8 Å². The van der Waals surface area contributed by atoms with Gasteiger partial charge in [0.05, 0.1) is 10.9 Å². The molecule has 3 saturated heterocycles. The van der Waals surface area contributed by atoms with E-state index in [1.807, 2.05) is 29.2 Å². The highest BCUT2D eigenvalue weighted by Gasteiger charge is 2.45. The highest BCUT2D eigenvalue weighted by atomic mass is 19.1. The highest BCUT2D eigenvalue weighted by molar-refractivity contribution is 6.00. The molecule has 0 radical (unpaired) electrons. The van der Waals surface area contributed by atoms with Crippen molar-refractivity contribution in [3.63, 3.8) is 0 Å². The number of aromatic hydroxyl groups is 1. The number of aldehydes is 1. The zero-order valence-corrected chi connectivity index (χ0v) is 22.3. The summed E-state index contributed by atoms with van der Waals surface area (Å²) in [6, 6.07) is 11.1. The maximum atomic E-state index is 16.5. The number of phenols is 1. The average Bonchev–Trinajstić information content (AvgIpc) is 3.52. The second-order valence-electron chi connectivity index (χ2n) is 11.3. The lowest BCUT2D eigenvalue weighted by atomic mass is 9.99. The van der Waals surface area contributed by atoms with Crippen LogP contribution in [0.25, 0.3) is 32.9 Å². The summed E-state index contributed by atoms with van der Waals surface area (Å²) in [6.45, 7) is 2.47. The molecule has 7 rings (SSSR count). The van der Waals surface area contributed by atoms with Gasteiger partial charge in [0.25, 0.3) is 0 Å². The van der Waals surface area contributed by atoms with Crippen LogP contribution in [0.1, 0.15) is 25.7 Å². The van der Waals surface area contributed by atoms with Gasteiger partial charge in [0.15, 0.2) is 5.82 Å². The zero-order valence-electron chi connectivity index (χ0n) is 22.3. The van der Waals surface area contributed by atoms with E-state index in [0.717, 1.165) is 49.3 Å². The molecule has 4 aromatic rings. The number of likely N-dealkylation sites (tertiary alicyclic amines) is 1. The van der Waals surface area contributed by atoms with Gasteiger partial charge >= 0.3 is 6.01 Å². The van der Waals surface area contributed by atoms with Crippen molar-refractivity contribution >= 4 is 33.8 Å². The van der Waals surface area contributed by atoms with Crippen LogP contribution in [0.15, 0.2) is 42.6 Å². The first-order valence-electron chi connectivity index (χ1n) is 13.8. The third-order valence-corrected chi connectivity index (χ3v) is 8.69. The highest BCUT2D eigenvalue weighted by Crippen LogP contribution is 2.38. The molecule has 9 nitrogen and oxygen atoms in total. The lowest BCUT2D eigenvalue weighted by molar-refractivity contribution is -0.113. The predicted molar refractivity (Wildman–Crippen MR) is 150 cm³/mol. The maximum absolute atomic E-state index is 16.5. The number of rotatable bonds is 6. The third-order valence-electron chi connectivity index (χ3n) is 8.69. The first kappa shape index (κ1) is 25.1. The number of fused-ring (bicyclic) bond motifs is 4.